The highest BCUT2D eigenvalue weighted by Gasteiger charge is 2.34. The van der Waals surface area contributed by atoms with E-state index >= 15 is 0 Å². The van der Waals surface area contributed by atoms with Gasteiger partial charge in [-0.1, -0.05) is 6.92 Å². The number of carbonyl (C=O) groups excluding carboxylic acids is 1. The molecule has 1 aliphatic rings. The molecule has 1 aliphatic heterocycles. The smallest absolute Gasteiger partial charge is 0.254 e. The second-order valence-electron chi connectivity index (χ2n) is 5.58. The standard InChI is InChI=1S/C14H20N2O4S/c1-9-3-4-16(13(9)8-17)14(18)10-5-11(15)7-12(6-10)21(2,19)20/h5-7,9,13,17H,3-4,8,15H2,1-2H3. The summed E-state index contributed by atoms with van der Waals surface area (Å²) < 4.78 is 23.3. The molecule has 2 unspecified atom stereocenters. The molecule has 0 aromatic heterocycles. The van der Waals surface area contributed by atoms with Gasteiger partial charge in [-0.15, -0.1) is 0 Å². The Balaban J connectivity index is 2.38. The highest BCUT2D eigenvalue weighted by atomic mass is 32.2. The maximum Gasteiger partial charge on any atom is 0.254 e. The van der Waals surface area contributed by atoms with Crippen LogP contribution in [0.3, 0.4) is 0 Å². The first kappa shape index (κ1) is 15.8. The Labute approximate surface area is 124 Å². The van der Waals surface area contributed by atoms with Crippen LogP contribution in [0.1, 0.15) is 23.7 Å². The van der Waals surface area contributed by atoms with Gasteiger partial charge in [0.05, 0.1) is 17.5 Å². The average Bonchev–Trinajstić information content (AvgIpc) is 2.77. The van der Waals surface area contributed by atoms with E-state index in [-0.39, 0.29) is 40.6 Å². The second-order valence-corrected chi connectivity index (χ2v) is 7.59. The minimum absolute atomic E-state index is 0.0265. The van der Waals surface area contributed by atoms with Crippen molar-refractivity contribution in [3.05, 3.63) is 23.8 Å². The SMILES string of the molecule is CC1CCN(C(=O)c2cc(N)cc(S(C)(=O)=O)c2)C1CO. The van der Waals surface area contributed by atoms with E-state index in [2.05, 4.69) is 0 Å². The Morgan fingerprint density at radius 1 is 1.43 bits per heavy atom. The number of hydrogen-bond acceptors (Lipinski definition) is 5. The van der Waals surface area contributed by atoms with Crippen molar-refractivity contribution in [3.8, 4) is 0 Å². The molecule has 0 radical (unpaired) electrons. The molecule has 116 valence electrons. The third-order valence-electron chi connectivity index (χ3n) is 3.93. The molecule has 1 fully saturated rings. The van der Waals surface area contributed by atoms with Crippen molar-refractivity contribution in [2.75, 3.05) is 25.1 Å². The van der Waals surface area contributed by atoms with E-state index in [1.807, 2.05) is 6.92 Å². The molecule has 0 aliphatic carbocycles. The summed E-state index contributed by atoms with van der Waals surface area (Å²) in [4.78, 5) is 14.2. The molecule has 7 heteroatoms. The maximum absolute atomic E-state index is 12.6. The fourth-order valence-corrected chi connectivity index (χ4v) is 3.36. The molecule has 0 spiro atoms. The molecule has 6 nitrogen and oxygen atoms in total. The number of likely N-dealkylation sites (tertiary alicyclic amines) is 1. The van der Waals surface area contributed by atoms with Crippen LogP contribution in [0, 0.1) is 5.92 Å². The van der Waals surface area contributed by atoms with Gasteiger partial charge in [0.2, 0.25) is 0 Å². The first-order valence-electron chi connectivity index (χ1n) is 6.76. The molecule has 2 rings (SSSR count). The van der Waals surface area contributed by atoms with Gasteiger partial charge in [-0.25, -0.2) is 8.42 Å². The van der Waals surface area contributed by atoms with Crippen LogP contribution in [0.5, 0.6) is 0 Å². The number of aliphatic hydroxyl groups excluding tert-OH is 1. The Bertz CT molecular complexity index is 657. The molecule has 1 amide bonds. The summed E-state index contributed by atoms with van der Waals surface area (Å²) >= 11 is 0. The normalized spacial score (nSPS) is 22.5. The third kappa shape index (κ3) is 3.19. The molecule has 2 atom stereocenters. The Morgan fingerprint density at radius 3 is 2.67 bits per heavy atom. The van der Waals surface area contributed by atoms with Crippen LogP contribution < -0.4 is 5.73 Å². The number of aliphatic hydroxyl groups is 1. The zero-order valence-corrected chi connectivity index (χ0v) is 12.9. The molecule has 0 saturated carbocycles. The first-order chi connectivity index (χ1) is 9.74. The number of anilines is 1. The largest absolute Gasteiger partial charge is 0.399 e. The van der Waals surface area contributed by atoms with Crippen molar-refractivity contribution in [3.63, 3.8) is 0 Å². The first-order valence-corrected chi connectivity index (χ1v) is 8.65. The minimum Gasteiger partial charge on any atom is -0.399 e. The van der Waals surface area contributed by atoms with Crippen molar-refractivity contribution in [2.45, 2.75) is 24.3 Å². The summed E-state index contributed by atoms with van der Waals surface area (Å²) in [5.41, 5.74) is 6.17. The van der Waals surface area contributed by atoms with Crippen molar-refractivity contribution >= 4 is 21.4 Å². The average molecular weight is 312 g/mol. The molecular weight excluding hydrogens is 292 g/mol. The van der Waals surface area contributed by atoms with Crippen LogP contribution in [0.2, 0.25) is 0 Å². The van der Waals surface area contributed by atoms with Gasteiger partial charge in [0.15, 0.2) is 9.84 Å². The van der Waals surface area contributed by atoms with Crippen LogP contribution in [-0.4, -0.2) is 49.8 Å². The zero-order valence-electron chi connectivity index (χ0n) is 12.1. The number of sulfone groups is 1. The van der Waals surface area contributed by atoms with Gasteiger partial charge >= 0.3 is 0 Å². The lowest BCUT2D eigenvalue weighted by molar-refractivity contribution is 0.0648. The van der Waals surface area contributed by atoms with E-state index in [4.69, 9.17) is 5.73 Å². The molecule has 1 heterocycles. The Morgan fingerprint density at radius 2 is 2.10 bits per heavy atom. The fourth-order valence-electron chi connectivity index (χ4n) is 2.66. The predicted octanol–water partition coefficient (Wildman–Crippen LogP) is 0.515. The van der Waals surface area contributed by atoms with E-state index in [0.29, 0.717) is 6.54 Å². The monoisotopic (exact) mass is 312 g/mol. The molecular formula is C14H20N2O4S. The summed E-state index contributed by atoms with van der Waals surface area (Å²) in [5, 5.41) is 9.43. The van der Waals surface area contributed by atoms with E-state index in [0.717, 1.165) is 12.7 Å². The number of nitrogens with two attached hydrogens (primary N) is 1. The summed E-state index contributed by atoms with van der Waals surface area (Å²) in [5.74, 6) is -0.0787. The van der Waals surface area contributed by atoms with Crippen molar-refractivity contribution in [1.29, 1.82) is 0 Å². The molecule has 1 saturated heterocycles. The highest BCUT2D eigenvalue weighted by molar-refractivity contribution is 7.90. The third-order valence-corrected chi connectivity index (χ3v) is 5.03. The molecule has 1 aromatic carbocycles. The Kier molecular flexibility index (Phi) is 4.25. The van der Waals surface area contributed by atoms with Gasteiger partial charge in [-0.3, -0.25) is 4.79 Å². The summed E-state index contributed by atoms with van der Waals surface area (Å²) in [6.07, 6.45) is 1.89. The zero-order chi connectivity index (χ0) is 15.8. The molecule has 3 N–H and O–H groups in total. The maximum atomic E-state index is 12.6. The molecule has 0 bridgehead atoms. The van der Waals surface area contributed by atoms with Gasteiger partial charge < -0.3 is 15.7 Å². The van der Waals surface area contributed by atoms with Crippen molar-refractivity contribution < 1.29 is 18.3 Å². The molecule has 1 aromatic rings. The fraction of sp³-hybridized carbons (Fsp3) is 0.500. The lowest BCUT2D eigenvalue weighted by atomic mass is 10.0. The van der Waals surface area contributed by atoms with E-state index in [1.165, 1.54) is 18.2 Å². The number of carbonyl (C=O) groups is 1. The quantitative estimate of drug-likeness (QED) is 0.792. The highest BCUT2D eigenvalue weighted by Crippen LogP contribution is 2.26. The lowest BCUT2D eigenvalue weighted by Gasteiger charge is -2.25. The van der Waals surface area contributed by atoms with Gasteiger partial charge in [-0.2, -0.15) is 0 Å². The number of hydrogen-bond donors (Lipinski definition) is 2. The van der Waals surface area contributed by atoms with Gasteiger partial charge in [0, 0.05) is 24.1 Å². The number of amides is 1. The van der Waals surface area contributed by atoms with Crippen molar-refractivity contribution in [1.82, 2.24) is 4.90 Å². The van der Waals surface area contributed by atoms with Crippen LogP contribution in [0.15, 0.2) is 23.1 Å². The van der Waals surface area contributed by atoms with E-state index < -0.39 is 9.84 Å². The van der Waals surface area contributed by atoms with Gasteiger partial charge in [0.25, 0.3) is 5.91 Å². The minimum atomic E-state index is -3.43. The van der Waals surface area contributed by atoms with Crippen LogP contribution in [-0.2, 0) is 9.84 Å². The topological polar surface area (TPSA) is 101 Å². The van der Waals surface area contributed by atoms with Crippen LogP contribution >= 0.6 is 0 Å². The van der Waals surface area contributed by atoms with Gasteiger partial charge in [-0.05, 0) is 30.5 Å². The van der Waals surface area contributed by atoms with Crippen LogP contribution in [0.25, 0.3) is 0 Å². The van der Waals surface area contributed by atoms with Gasteiger partial charge in [0.1, 0.15) is 0 Å². The predicted molar refractivity (Wildman–Crippen MR) is 79.7 cm³/mol. The van der Waals surface area contributed by atoms with Crippen molar-refractivity contribution in [2.24, 2.45) is 5.92 Å². The van der Waals surface area contributed by atoms with E-state index in [9.17, 15) is 18.3 Å². The summed E-state index contributed by atoms with van der Waals surface area (Å²) in [6.45, 7) is 2.43. The number of nitrogen functional groups attached to an aromatic ring is 1. The molecule has 21 heavy (non-hydrogen) atoms. The number of nitrogens with zero attached hydrogens (tertiary/aromatic N) is 1. The number of benzene rings is 1. The summed E-state index contributed by atoms with van der Waals surface area (Å²) in [7, 11) is -3.43. The Hall–Kier alpha value is -1.60. The lowest BCUT2D eigenvalue weighted by Crippen LogP contribution is -2.39. The number of rotatable bonds is 3. The van der Waals surface area contributed by atoms with Crippen LogP contribution in [0.4, 0.5) is 5.69 Å². The summed E-state index contributed by atoms with van der Waals surface area (Å²) in [6, 6.07) is 3.91. The van der Waals surface area contributed by atoms with E-state index in [1.54, 1.807) is 4.90 Å². The second kappa shape index (κ2) is 5.65.